The maximum absolute atomic E-state index is 16.3. The first kappa shape index (κ1) is 31.9. The molecule has 2 atom stereocenters. The Morgan fingerprint density at radius 3 is 2.07 bits per heavy atom. The monoisotopic (exact) mass is 635 g/mol. The van der Waals surface area contributed by atoms with Crippen LogP contribution in [-0.4, -0.2) is 49.4 Å². The standard InChI is InChI=1S/C34H36ClF2N3O3Si/c1-22-19-40(20-23(2)43-22)32-24(16-27(30(36)31(32)37)33(41)28-17-38-18-29(35)39-28)21-42-44(34(3,4)5,25-12-8-6-9-13-25)26-14-10-7-11-15-26/h6-18,22-23H,19-21H2,1-5H3. The van der Waals surface area contributed by atoms with Crippen molar-refractivity contribution in [2.24, 2.45) is 0 Å². The molecule has 6 nitrogen and oxygen atoms in total. The van der Waals surface area contributed by atoms with E-state index >= 15 is 8.78 Å². The molecule has 0 radical (unpaired) electrons. The third-order valence-corrected chi connectivity index (χ3v) is 13.1. The average molecular weight is 636 g/mol. The summed E-state index contributed by atoms with van der Waals surface area (Å²) in [5, 5.41) is 1.70. The molecule has 0 saturated carbocycles. The number of ketones is 1. The second-order valence-electron chi connectivity index (χ2n) is 12.2. The third-order valence-electron chi connectivity index (χ3n) is 7.94. The predicted octanol–water partition coefficient (Wildman–Crippen LogP) is 6.33. The molecule has 2 unspecified atom stereocenters. The van der Waals surface area contributed by atoms with Crippen LogP contribution in [0, 0.1) is 11.6 Å². The molecule has 1 aromatic heterocycles. The van der Waals surface area contributed by atoms with Crippen molar-refractivity contribution in [3.63, 3.8) is 0 Å². The lowest BCUT2D eigenvalue weighted by atomic mass is 10.0. The minimum absolute atomic E-state index is 0.0279. The number of hydrogen-bond acceptors (Lipinski definition) is 6. The van der Waals surface area contributed by atoms with Gasteiger partial charge in [0.05, 0.1) is 42.5 Å². The lowest BCUT2D eigenvalue weighted by Gasteiger charge is -2.43. The van der Waals surface area contributed by atoms with Gasteiger partial charge in [0.15, 0.2) is 11.6 Å². The van der Waals surface area contributed by atoms with E-state index in [0.717, 1.165) is 10.4 Å². The maximum Gasteiger partial charge on any atom is 0.261 e. The molecule has 1 saturated heterocycles. The van der Waals surface area contributed by atoms with Crippen molar-refractivity contribution < 1.29 is 22.7 Å². The number of aromatic nitrogens is 2. The summed E-state index contributed by atoms with van der Waals surface area (Å²) in [7, 11) is -3.06. The zero-order chi connectivity index (χ0) is 31.6. The Balaban J connectivity index is 1.68. The third kappa shape index (κ3) is 6.19. The average Bonchev–Trinajstić information content (AvgIpc) is 2.98. The van der Waals surface area contributed by atoms with E-state index < -0.39 is 31.3 Å². The summed E-state index contributed by atoms with van der Waals surface area (Å²) in [6, 6.07) is 21.5. The lowest BCUT2D eigenvalue weighted by Crippen LogP contribution is -2.66. The largest absolute Gasteiger partial charge is 0.403 e. The van der Waals surface area contributed by atoms with Crippen LogP contribution in [-0.2, 0) is 15.8 Å². The first-order valence-electron chi connectivity index (χ1n) is 14.6. The minimum atomic E-state index is -3.06. The summed E-state index contributed by atoms with van der Waals surface area (Å²) >= 11 is 5.96. The molecule has 1 aliphatic heterocycles. The molecule has 4 aromatic rings. The molecular formula is C34H36ClF2N3O3Si. The Morgan fingerprint density at radius 1 is 0.977 bits per heavy atom. The van der Waals surface area contributed by atoms with Gasteiger partial charge in [0.25, 0.3) is 8.32 Å². The van der Waals surface area contributed by atoms with Crippen LogP contribution < -0.4 is 15.3 Å². The van der Waals surface area contributed by atoms with Crippen LogP contribution in [0.5, 0.6) is 0 Å². The van der Waals surface area contributed by atoms with E-state index in [1.165, 1.54) is 18.5 Å². The van der Waals surface area contributed by atoms with Crippen molar-refractivity contribution in [3.8, 4) is 0 Å². The molecule has 0 spiro atoms. The van der Waals surface area contributed by atoms with Crippen molar-refractivity contribution in [2.75, 3.05) is 18.0 Å². The second kappa shape index (κ2) is 12.8. The molecule has 1 fully saturated rings. The second-order valence-corrected chi connectivity index (χ2v) is 16.9. The van der Waals surface area contributed by atoms with E-state index in [4.69, 9.17) is 20.8 Å². The van der Waals surface area contributed by atoms with E-state index in [9.17, 15) is 4.79 Å². The molecule has 2 heterocycles. The van der Waals surface area contributed by atoms with Crippen LogP contribution in [0.4, 0.5) is 14.5 Å². The molecule has 1 aliphatic rings. The van der Waals surface area contributed by atoms with Gasteiger partial charge in [-0.15, -0.1) is 0 Å². The minimum Gasteiger partial charge on any atom is -0.403 e. The number of nitrogens with zero attached hydrogens (tertiary/aromatic N) is 3. The van der Waals surface area contributed by atoms with Crippen LogP contribution >= 0.6 is 11.6 Å². The van der Waals surface area contributed by atoms with Gasteiger partial charge in [0.1, 0.15) is 10.8 Å². The quantitative estimate of drug-likeness (QED) is 0.167. The fourth-order valence-electron chi connectivity index (χ4n) is 6.18. The van der Waals surface area contributed by atoms with E-state index in [1.54, 1.807) is 4.90 Å². The number of carbonyl (C=O) groups excluding carboxylic acids is 1. The summed E-state index contributed by atoms with van der Waals surface area (Å²) in [4.78, 5) is 23.2. The van der Waals surface area contributed by atoms with Crippen LogP contribution in [0.1, 0.15) is 56.2 Å². The molecule has 0 N–H and O–H groups in total. The number of hydrogen-bond donors (Lipinski definition) is 0. The van der Waals surface area contributed by atoms with Crippen molar-refractivity contribution in [2.45, 2.75) is 58.5 Å². The van der Waals surface area contributed by atoms with Gasteiger partial charge in [-0.25, -0.2) is 13.8 Å². The summed E-state index contributed by atoms with van der Waals surface area (Å²) in [6.07, 6.45) is 2.02. The highest BCUT2D eigenvalue weighted by molar-refractivity contribution is 6.99. The van der Waals surface area contributed by atoms with Crippen molar-refractivity contribution in [1.82, 2.24) is 9.97 Å². The van der Waals surface area contributed by atoms with Crippen molar-refractivity contribution >= 4 is 41.8 Å². The number of morpholine rings is 1. The van der Waals surface area contributed by atoms with E-state index in [1.807, 2.05) is 50.2 Å². The van der Waals surface area contributed by atoms with Gasteiger partial charge < -0.3 is 14.1 Å². The van der Waals surface area contributed by atoms with Crippen molar-refractivity contribution in [3.05, 3.63) is 113 Å². The Morgan fingerprint density at radius 2 is 1.55 bits per heavy atom. The molecule has 0 amide bonds. The van der Waals surface area contributed by atoms with Gasteiger partial charge in [-0.05, 0) is 35.3 Å². The number of anilines is 1. The van der Waals surface area contributed by atoms with Gasteiger partial charge in [0, 0.05) is 18.7 Å². The molecule has 10 heteroatoms. The van der Waals surface area contributed by atoms with E-state index in [0.29, 0.717) is 18.7 Å². The predicted molar refractivity (Wildman–Crippen MR) is 171 cm³/mol. The van der Waals surface area contributed by atoms with Gasteiger partial charge in [-0.3, -0.25) is 9.78 Å². The zero-order valence-electron chi connectivity index (χ0n) is 25.5. The fourth-order valence-corrected chi connectivity index (χ4v) is 10.9. The van der Waals surface area contributed by atoms with Gasteiger partial charge >= 0.3 is 0 Å². The molecule has 5 rings (SSSR count). The highest BCUT2D eigenvalue weighted by Crippen LogP contribution is 2.39. The number of rotatable bonds is 8. The first-order chi connectivity index (χ1) is 20.9. The Kier molecular flexibility index (Phi) is 9.32. The summed E-state index contributed by atoms with van der Waals surface area (Å²) in [6.45, 7) is 10.8. The van der Waals surface area contributed by atoms with Crippen LogP contribution in [0.2, 0.25) is 10.2 Å². The summed E-state index contributed by atoms with van der Waals surface area (Å²) in [5.41, 5.74) is -0.220. The first-order valence-corrected chi connectivity index (χ1v) is 16.9. The number of benzene rings is 3. The molecule has 3 aromatic carbocycles. The van der Waals surface area contributed by atoms with Gasteiger partial charge in [-0.2, -0.15) is 0 Å². The highest BCUT2D eigenvalue weighted by Gasteiger charge is 2.50. The highest BCUT2D eigenvalue weighted by atomic mass is 35.5. The number of halogens is 3. The van der Waals surface area contributed by atoms with Crippen LogP contribution in [0.15, 0.2) is 79.1 Å². The Hall–Kier alpha value is -3.50. The van der Waals surface area contributed by atoms with Gasteiger partial charge in [0.2, 0.25) is 5.78 Å². The fraction of sp³-hybridized carbons (Fsp3) is 0.324. The Bertz CT molecular complexity index is 1590. The maximum atomic E-state index is 16.3. The number of ether oxygens (including phenoxy) is 1. The van der Waals surface area contributed by atoms with Crippen molar-refractivity contribution in [1.29, 1.82) is 0 Å². The normalized spacial score (nSPS) is 17.5. The Labute approximate surface area is 263 Å². The van der Waals surface area contributed by atoms with Crippen LogP contribution in [0.25, 0.3) is 0 Å². The molecular weight excluding hydrogens is 600 g/mol. The lowest BCUT2D eigenvalue weighted by molar-refractivity contribution is -0.00553. The SMILES string of the molecule is CC1CN(c2c(CO[Si](c3ccccc3)(c3ccccc3)C(C)(C)C)cc(C(=O)c3cncc(Cl)n3)c(F)c2F)CC(C)O1. The molecule has 0 bridgehead atoms. The summed E-state index contributed by atoms with van der Waals surface area (Å²) < 4.78 is 45.2. The topological polar surface area (TPSA) is 64.5 Å². The van der Waals surface area contributed by atoms with Gasteiger partial charge in [-0.1, -0.05) is 93.0 Å². The molecule has 44 heavy (non-hydrogen) atoms. The molecule has 0 aliphatic carbocycles. The zero-order valence-corrected chi connectivity index (χ0v) is 27.2. The van der Waals surface area contributed by atoms with Crippen LogP contribution in [0.3, 0.4) is 0 Å². The smallest absolute Gasteiger partial charge is 0.261 e. The van der Waals surface area contributed by atoms with E-state index in [-0.39, 0.29) is 40.4 Å². The molecule has 230 valence electrons. The number of carbonyl (C=O) groups is 1. The summed E-state index contributed by atoms with van der Waals surface area (Å²) in [5.74, 6) is -3.20. The van der Waals surface area contributed by atoms with E-state index in [2.05, 4.69) is 55.0 Å².